The highest BCUT2D eigenvalue weighted by atomic mass is 16.3. The van der Waals surface area contributed by atoms with Crippen LogP contribution < -0.4 is 0 Å². The predicted octanol–water partition coefficient (Wildman–Crippen LogP) is 4.09. The highest BCUT2D eigenvalue weighted by Gasteiger charge is 2.20. The van der Waals surface area contributed by atoms with Gasteiger partial charge in [-0.3, -0.25) is 4.79 Å². The van der Waals surface area contributed by atoms with Gasteiger partial charge in [0.25, 0.3) is 0 Å². The molecular formula is C22H23N5O2. The molecule has 148 valence electrons. The zero-order valence-electron chi connectivity index (χ0n) is 16.5. The fourth-order valence-corrected chi connectivity index (χ4v) is 3.20. The number of fused-ring (bicyclic) bond motifs is 1. The number of carbonyl (C=O) groups excluding carboxylic acids is 1. The van der Waals surface area contributed by atoms with Gasteiger partial charge in [0.1, 0.15) is 11.3 Å². The molecule has 1 atom stereocenters. The fourth-order valence-electron chi connectivity index (χ4n) is 3.20. The third-order valence-corrected chi connectivity index (χ3v) is 5.06. The summed E-state index contributed by atoms with van der Waals surface area (Å²) in [5.41, 5.74) is 1.76. The average molecular weight is 389 g/mol. The average Bonchev–Trinajstić information content (AvgIpc) is 3.40. The Morgan fingerprint density at radius 2 is 1.90 bits per heavy atom. The van der Waals surface area contributed by atoms with Crippen LogP contribution >= 0.6 is 0 Å². The quantitative estimate of drug-likeness (QED) is 0.476. The molecule has 7 heteroatoms. The van der Waals surface area contributed by atoms with E-state index in [2.05, 4.69) is 15.4 Å². The van der Waals surface area contributed by atoms with Gasteiger partial charge in [-0.05, 0) is 30.7 Å². The van der Waals surface area contributed by atoms with Crippen LogP contribution in [0.2, 0.25) is 0 Å². The van der Waals surface area contributed by atoms with Crippen molar-refractivity contribution in [2.24, 2.45) is 0 Å². The van der Waals surface area contributed by atoms with E-state index >= 15 is 0 Å². The molecule has 0 aliphatic rings. The van der Waals surface area contributed by atoms with Gasteiger partial charge in [-0.25, -0.2) is 0 Å². The van der Waals surface area contributed by atoms with E-state index in [1.165, 1.54) is 4.80 Å². The topological polar surface area (TPSA) is 77.0 Å². The zero-order valence-corrected chi connectivity index (χ0v) is 16.5. The van der Waals surface area contributed by atoms with Crippen LogP contribution in [-0.4, -0.2) is 38.1 Å². The molecular weight excluding hydrogens is 366 g/mol. The second kappa shape index (κ2) is 8.26. The number of benzene rings is 2. The summed E-state index contributed by atoms with van der Waals surface area (Å²) in [6, 6.07) is 19.4. The predicted molar refractivity (Wildman–Crippen MR) is 110 cm³/mol. The molecule has 4 rings (SSSR count). The third-order valence-electron chi connectivity index (χ3n) is 5.06. The summed E-state index contributed by atoms with van der Waals surface area (Å²) in [6.45, 7) is 2.51. The molecule has 4 aromatic rings. The molecule has 7 nitrogen and oxygen atoms in total. The van der Waals surface area contributed by atoms with Gasteiger partial charge in [-0.2, -0.15) is 4.80 Å². The lowest BCUT2D eigenvalue weighted by Gasteiger charge is -2.23. The molecule has 1 amide bonds. The Kier molecular flexibility index (Phi) is 5.37. The van der Waals surface area contributed by atoms with E-state index in [1.807, 2.05) is 67.6 Å². The Morgan fingerprint density at radius 3 is 2.69 bits per heavy atom. The van der Waals surface area contributed by atoms with Gasteiger partial charge >= 0.3 is 0 Å². The van der Waals surface area contributed by atoms with Crippen LogP contribution in [0, 0.1) is 0 Å². The van der Waals surface area contributed by atoms with E-state index in [9.17, 15) is 4.79 Å². The molecule has 2 aromatic carbocycles. The smallest absolute Gasteiger partial charge is 0.222 e. The monoisotopic (exact) mass is 389 g/mol. The maximum Gasteiger partial charge on any atom is 0.222 e. The van der Waals surface area contributed by atoms with Gasteiger partial charge in [-0.15, -0.1) is 10.2 Å². The van der Waals surface area contributed by atoms with Crippen LogP contribution in [-0.2, 0) is 11.3 Å². The maximum absolute atomic E-state index is 12.6. The first kappa shape index (κ1) is 18.9. The fraction of sp³-hybridized carbons (Fsp3) is 0.273. The molecule has 0 aliphatic carbocycles. The van der Waals surface area contributed by atoms with Gasteiger partial charge in [0, 0.05) is 24.4 Å². The van der Waals surface area contributed by atoms with Crippen molar-refractivity contribution in [3.63, 3.8) is 0 Å². The van der Waals surface area contributed by atoms with Crippen molar-refractivity contribution in [3.05, 3.63) is 66.4 Å². The van der Waals surface area contributed by atoms with Crippen LogP contribution in [0.3, 0.4) is 0 Å². The molecule has 0 saturated carbocycles. The van der Waals surface area contributed by atoms with Gasteiger partial charge in [0.2, 0.25) is 11.7 Å². The number of aryl methyl sites for hydroxylation is 1. The number of aromatic nitrogens is 4. The van der Waals surface area contributed by atoms with Crippen molar-refractivity contribution < 1.29 is 9.21 Å². The molecule has 0 N–H and O–H groups in total. The third kappa shape index (κ3) is 4.18. The van der Waals surface area contributed by atoms with Crippen LogP contribution in [0.5, 0.6) is 0 Å². The highest BCUT2D eigenvalue weighted by Crippen LogP contribution is 2.27. The Morgan fingerprint density at radius 1 is 1.14 bits per heavy atom. The normalized spacial score (nSPS) is 12.2. The molecule has 0 bridgehead atoms. The summed E-state index contributed by atoms with van der Waals surface area (Å²) < 4.78 is 5.89. The first-order valence-electron chi connectivity index (χ1n) is 9.69. The number of hydrogen-bond donors (Lipinski definition) is 0. The van der Waals surface area contributed by atoms with Crippen molar-refractivity contribution in [1.29, 1.82) is 0 Å². The summed E-state index contributed by atoms with van der Waals surface area (Å²) in [5.74, 6) is 1.43. The minimum Gasteiger partial charge on any atom is -0.459 e. The maximum atomic E-state index is 12.6. The molecule has 29 heavy (non-hydrogen) atoms. The Bertz CT molecular complexity index is 1070. The van der Waals surface area contributed by atoms with Gasteiger partial charge < -0.3 is 9.32 Å². The van der Waals surface area contributed by atoms with Crippen LogP contribution in [0.1, 0.15) is 31.6 Å². The van der Waals surface area contributed by atoms with Crippen molar-refractivity contribution >= 4 is 16.9 Å². The summed E-state index contributed by atoms with van der Waals surface area (Å²) in [5, 5.41) is 13.6. The standard InChI is InChI=1S/C22H23N5O2/c1-16(20-15-18-11-6-7-12-19(18)29-20)26(2)21(28)13-8-14-27-24-22(23-25-27)17-9-4-3-5-10-17/h3-7,9-12,15-16H,8,13-14H2,1-2H3. The first-order chi connectivity index (χ1) is 14.1. The number of para-hydroxylation sites is 1. The van der Waals surface area contributed by atoms with Crippen molar-refractivity contribution in [2.75, 3.05) is 7.05 Å². The lowest BCUT2D eigenvalue weighted by molar-refractivity contribution is -0.132. The molecule has 1 unspecified atom stereocenters. The van der Waals surface area contributed by atoms with E-state index in [0.717, 1.165) is 22.3 Å². The van der Waals surface area contributed by atoms with Crippen molar-refractivity contribution in [1.82, 2.24) is 25.1 Å². The molecule has 0 aliphatic heterocycles. The van der Waals surface area contributed by atoms with Gasteiger partial charge in [-0.1, -0.05) is 48.5 Å². The summed E-state index contributed by atoms with van der Waals surface area (Å²) in [6.07, 6.45) is 1.05. The molecule has 2 aromatic heterocycles. The summed E-state index contributed by atoms with van der Waals surface area (Å²) in [7, 11) is 1.81. The van der Waals surface area contributed by atoms with Crippen LogP contribution in [0.15, 0.2) is 65.1 Å². The largest absolute Gasteiger partial charge is 0.459 e. The Labute approximate surface area is 168 Å². The first-order valence-corrected chi connectivity index (χ1v) is 9.69. The van der Waals surface area contributed by atoms with Crippen molar-refractivity contribution in [3.8, 4) is 11.4 Å². The zero-order chi connectivity index (χ0) is 20.2. The minimum atomic E-state index is -0.135. The molecule has 0 fully saturated rings. The van der Waals surface area contributed by atoms with E-state index in [-0.39, 0.29) is 11.9 Å². The number of hydrogen-bond acceptors (Lipinski definition) is 5. The van der Waals surface area contributed by atoms with E-state index < -0.39 is 0 Å². The number of furan rings is 1. The number of nitrogens with zero attached hydrogens (tertiary/aromatic N) is 5. The summed E-state index contributed by atoms with van der Waals surface area (Å²) >= 11 is 0. The van der Waals surface area contributed by atoms with Crippen LogP contribution in [0.25, 0.3) is 22.4 Å². The number of tetrazole rings is 1. The van der Waals surface area contributed by atoms with Crippen LogP contribution in [0.4, 0.5) is 0 Å². The second-order valence-corrected chi connectivity index (χ2v) is 7.05. The molecule has 0 saturated heterocycles. The Balaban J connectivity index is 1.31. The minimum absolute atomic E-state index is 0.0568. The Hall–Kier alpha value is -3.48. The lowest BCUT2D eigenvalue weighted by atomic mass is 10.2. The van der Waals surface area contributed by atoms with E-state index in [4.69, 9.17) is 4.42 Å². The lowest BCUT2D eigenvalue weighted by Crippen LogP contribution is -2.29. The summed E-state index contributed by atoms with van der Waals surface area (Å²) in [4.78, 5) is 15.9. The van der Waals surface area contributed by atoms with Gasteiger partial charge in [0.05, 0.1) is 12.6 Å². The van der Waals surface area contributed by atoms with E-state index in [1.54, 1.807) is 11.9 Å². The van der Waals surface area contributed by atoms with E-state index in [0.29, 0.717) is 25.2 Å². The second-order valence-electron chi connectivity index (χ2n) is 7.05. The number of carbonyl (C=O) groups is 1. The number of amides is 1. The van der Waals surface area contributed by atoms with Crippen molar-refractivity contribution in [2.45, 2.75) is 32.4 Å². The number of rotatable bonds is 7. The molecule has 2 heterocycles. The molecule has 0 spiro atoms. The molecule has 0 radical (unpaired) electrons. The highest BCUT2D eigenvalue weighted by molar-refractivity contribution is 5.79. The van der Waals surface area contributed by atoms with Gasteiger partial charge in [0.15, 0.2) is 0 Å². The SMILES string of the molecule is CC(c1cc2ccccc2o1)N(C)C(=O)CCCn1nnc(-c2ccccc2)n1.